The Labute approximate surface area is 103 Å². The van der Waals surface area contributed by atoms with Crippen LogP contribution in [0.3, 0.4) is 0 Å². The van der Waals surface area contributed by atoms with Crippen molar-refractivity contribution in [1.29, 1.82) is 0 Å². The van der Waals surface area contributed by atoms with E-state index in [1.165, 1.54) is 28.7 Å². The highest BCUT2D eigenvalue weighted by Gasteiger charge is 2.16. The van der Waals surface area contributed by atoms with Crippen LogP contribution in [0, 0.1) is 0 Å². The molecule has 0 aromatic heterocycles. The maximum absolute atomic E-state index is 4.85. The Hall–Kier alpha value is -1.60. The molecular formula is C16H19N. The number of rotatable bonds is 2. The topological polar surface area (TPSA) is 26.0 Å². The highest BCUT2D eigenvalue weighted by atomic mass is 14.5. The van der Waals surface area contributed by atoms with E-state index in [1.807, 2.05) is 6.92 Å². The molecule has 3 rings (SSSR count). The summed E-state index contributed by atoms with van der Waals surface area (Å²) >= 11 is 0. The van der Waals surface area contributed by atoms with Crippen molar-refractivity contribution in [2.75, 3.05) is 6.54 Å². The van der Waals surface area contributed by atoms with Gasteiger partial charge in [0.1, 0.15) is 0 Å². The molecule has 1 nitrogen and oxygen atoms in total. The molecule has 0 radical (unpaired) electrons. The first-order valence-electron chi connectivity index (χ1n) is 6.18. The summed E-state index contributed by atoms with van der Waals surface area (Å²) in [7, 11) is 0. The predicted octanol–water partition coefficient (Wildman–Crippen LogP) is 3.39. The number of fused-ring (bicyclic) bond motifs is 2. The van der Waals surface area contributed by atoms with E-state index in [0.29, 0.717) is 0 Å². The molecule has 0 atom stereocenters. The monoisotopic (exact) mass is 225 g/mol. The van der Waals surface area contributed by atoms with Gasteiger partial charge in [-0.15, -0.1) is 0 Å². The molecule has 1 heteroatoms. The second-order valence-corrected chi connectivity index (χ2v) is 4.35. The Balaban J connectivity index is 0.000000329. The van der Waals surface area contributed by atoms with Crippen LogP contribution in [0.1, 0.15) is 18.9 Å². The van der Waals surface area contributed by atoms with Crippen LogP contribution in [0.15, 0.2) is 65.3 Å². The number of hydrogen-bond acceptors (Lipinski definition) is 1. The van der Waals surface area contributed by atoms with Gasteiger partial charge in [-0.3, -0.25) is 0 Å². The Morgan fingerprint density at radius 3 is 2.35 bits per heavy atom. The van der Waals surface area contributed by atoms with Gasteiger partial charge in [0.05, 0.1) is 0 Å². The third kappa shape index (κ3) is 2.95. The zero-order valence-corrected chi connectivity index (χ0v) is 10.3. The van der Waals surface area contributed by atoms with Crippen molar-refractivity contribution in [3.63, 3.8) is 0 Å². The van der Waals surface area contributed by atoms with Crippen LogP contribution >= 0.6 is 0 Å². The summed E-state index contributed by atoms with van der Waals surface area (Å²) in [5.74, 6) is 0. The summed E-state index contributed by atoms with van der Waals surface area (Å²) in [5.41, 5.74) is 10.8. The minimum Gasteiger partial charge on any atom is -0.331 e. The van der Waals surface area contributed by atoms with Gasteiger partial charge in [-0.25, -0.2) is 0 Å². The minimum atomic E-state index is 0.750. The summed E-state index contributed by atoms with van der Waals surface area (Å²) in [6.45, 7) is 2.65. The van der Waals surface area contributed by atoms with Crippen LogP contribution in [0.4, 0.5) is 0 Å². The van der Waals surface area contributed by atoms with Crippen molar-refractivity contribution in [2.45, 2.75) is 19.8 Å². The number of hydrogen-bond donors (Lipinski definition) is 1. The molecule has 0 aliphatic heterocycles. The van der Waals surface area contributed by atoms with Crippen LogP contribution in [-0.2, 0) is 6.42 Å². The van der Waals surface area contributed by atoms with E-state index in [4.69, 9.17) is 5.73 Å². The summed E-state index contributed by atoms with van der Waals surface area (Å²) < 4.78 is 0. The summed E-state index contributed by atoms with van der Waals surface area (Å²) in [6.07, 6.45) is 9.08. The summed E-state index contributed by atoms with van der Waals surface area (Å²) in [5, 5.41) is 0. The molecule has 0 heterocycles. The first-order chi connectivity index (χ1) is 8.33. The Morgan fingerprint density at radius 2 is 1.82 bits per heavy atom. The van der Waals surface area contributed by atoms with Crippen LogP contribution in [-0.4, -0.2) is 6.54 Å². The van der Waals surface area contributed by atoms with Gasteiger partial charge in [-0.1, -0.05) is 55.5 Å². The second-order valence-electron chi connectivity index (χ2n) is 4.35. The van der Waals surface area contributed by atoms with Gasteiger partial charge in [0, 0.05) is 0 Å². The zero-order valence-electron chi connectivity index (χ0n) is 10.3. The fourth-order valence-electron chi connectivity index (χ4n) is 2.16. The highest BCUT2D eigenvalue weighted by molar-refractivity contribution is 5.55. The molecule has 1 aromatic rings. The molecule has 0 amide bonds. The average molecular weight is 225 g/mol. The van der Waals surface area contributed by atoms with Gasteiger partial charge in [0.25, 0.3) is 0 Å². The SMILES string of the molecule is C1=CC2=C(Cc3ccccc3)C=C1C2.CCN. The lowest BCUT2D eigenvalue weighted by Gasteiger charge is -2.03. The molecule has 88 valence electrons. The summed E-state index contributed by atoms with van der Waals surface area (Å²) in [6, 6.07) is 10.7. The summed E-state index contributed by atoms with van der Waals surface area (Å²) in [4.78, 5) is 0. The van der Waals surface area contributed by atoms with Crippen LogP contribution in [0.2, 0.25) is 0 Å². The molecule has 1 aromatic carbocycles. The smallest absolute Gasteiger partial charge is 0.00228 e. The van der Waals surface area contributed by atoms with E-state index < -0.39 is 0 Å². The lowest BCUT2D eigenvalue weighted by Crippen LogP contribution is -1.88. The van der Waals surface area contributed by atoms with Gasteiger partial charge in [0.2, 0.25) is 0 Å². The van der Waals surface area contributed by atoms with Crippen molar-refractivity contribution >= 4 is 0 Å². The zero-order chi connectivity index (χ0) is 12.1. The van der Waals surface area contributed by atoms with Gasteiger partial charge in [-0.05, 0) is 41.7 Å². The Morgan fingerprint density at radius 1 is 1.12 bits per heavy atom. The fourth-order valence-corrected chi connectivity index (χ4v) is 2.16. The van der Waals surface area contributed by atoms with Crippen molar-refractivity contribution in [3.8, 4) is 0 Å². The first-order valence-corrected chi connectivity index (χ1v) is 6.18. The molecule has 2 aliphatic rings. The maximum Gasteiger partial charge on any atom is -0.00228 e. The third-order valence-corrected chi connectivity index (χ3v) is 2.90. The van der Waals surface area contributed by atoms with Crippen LogP contribution in [0.25, 0.3) is 0 Å². The maximum atomic E-state index is 4.85. The predicted molar refractivity (Wildman–Crippen MR) is 73.7 cm³/mol. The number of nitrogens with two attached hydrogens (primary N) is 1. The molecule has 17 heavy (non-hydrogen) atoms. The quantitative estimate of drug-likeness (QED) is 0.820. The van der Waals surface area contributed by atoms with Crippen molar-refractivity contribution in [2.24, 2.45) is 5.73 Å². The highest BCUT2D eigenvalue weighted by Crippen LogP contribution is 2.34. The first kappa shape index (κ1) is 11.9. The second kappa shape index (κ2) is 5.65. The minimum absolute atomic E-state index is 0.750. The van der Waals surface area contributed by atoms with Gasteiger partial charge >= 0.3 is 0 Å². The molecule has 0 saturated heterocycles. The standard InChI is InChI=1S/C14H12.C2H7N/c1-2-4-11(5-3-1)8-14-10-12-6-7-13(14)9-12;1-2-3/h1-7,10H,8-9H2;2-3H2,1H3. The molecule has 2 aliphatic carbocycles. The van der Waals surface area contributed by atoms with E-state index in [0.717, 1.165) is 13.0 Å². The van der Waals surface area contributed by atoms with Gasteiger partial charge in [0.15, 0.2) is 0 Å². The molecule has 2 N–H and O–H groups in total. The normalized spacial score (nSPS) is 15.8. The fraction of sp³-hybridized carbons (Fsp3) is 0.250. The number of benzene rings is 1. The van der Waals surface area contributed by atoms with Crippen LogP contribution in [0.5, 0.6) is 0 Å². The Kier molecular flexibility index (Phi) is 3.94. The molecular weight excluding hydrogens is 206 g/mol. The lowest BCUT2D eigenvalue weighted by molar-refractivity contribution is 1.14. The van der Waals surface area contributed by atoms with E-state index in [9.17, 15) is 0 Å². The molecule has 0 spiro atoms. The van der Waals surface area contributed by atoms with Crippen molar-refractivity contribution < 1.29 is 0 Å². The lowest BCUT2D eigenvalue weighted by atomic mass is 10.0. The molecule has 0 fully saturated rings. The van der Waals surface area contributed by atoms with Gasteiger partial charge < -0.3 is 5.73 Å². The molecule has 2 bridgehead atoms. The number of allylic oxidation sites excluding steroid dienone is 6. The molecule has 0 saturated carbocycles. The van der Waals surface area contributed by atoms with E-state index in [2.05, 4.69) is 48.6 Å². The Bertz CT molecular complexity index is 464. The van der Waals surface area contributed by atoms with Crippen molar-refractivity contribution in [1.82, 2.24) is 0 Å². The van der Waals surface area contributed by atoms with Crippen LogP contribution < -0.4 is 5.73 Å². The van der Waals surface area contributed by atoms with Crippen molar-refractivity contribution in [3.05, 3.63) is 70.8 Å². The van der Waals surface area contributed by atoms with E-state index >= 15 is 0 Å². The largest absolute Gasteiger partial charge is 0.331 e. The molecule has 0 unspecified atom stereocenters. The van der Waals surface area contributed by atoms with Gasteiger partial charge in [-0.2, -0.15) is 0 Å². The van der Waals surface area contributed by atoms with E-state index in [-0.39, 0.29) is 0 Å². The third-order valence-electron chi connectivity index (χ3n) is 2.90. The van der Waals surface area contributed by atoms with E-state index in [1.54, 1.807) is 0 Å². The average Bonchev–Trinajstić information content (AvgIpc) is 2.93.